The number of likely N-dealkylation sites (tertiary alicyclic amines) is 1. The summed E-state index contributed by atoms with van der Waals surface area (Å²) in [5, 5.41) is 4.12. The quantitative estimate of drug-likeness (QED) is 0.677. The van der Waals surface area contributed by atoms with Gasteiger partial charge in [-0.2, -0.15) is 0 Å². The average molecular weight is 394 g/mol. The van der Waals surface area contributed by atoms with Gasteiger partial charge in [-0.3, -0.25) is 4.79 Å². The van der Waals surface area contributed by atoms with Crippen LogP contribution in [0.5, 0.6) is 5.75 Å². The van der Waals surface area contributed by atoms with Crippen LogP contribution in [0.1, 0.15) is 41.4 Å². The lowest BCUT2D eigenvalue weighted by Gasteiger charge is -2.29. The molecule has 0 aliphatic carbocycles. The lowest BCUT2D eigenvalue weighted by molar-refractivity contribution is -0.918. The minimum Gasteiger partial charge on any atom is -0.494 e. The zero-order chi connectivity index (χ0) is 20.2. The molecule has 2 heterocycles. The van der Waals surface area contributed by atoms with Crippen molar-refractivity contribution in [3.05, 3.63) is 65.4 Å². The Hall–Kier alpha value is -2.79. The zero-order valence-corrected chi connectivity index (χ0v) is 17.2. The van der Waals surface area contributed by atoms with Crippen LogP contribution >= 0.6 is 0 Å². The highest BCUT2D eigenvalue weighted by Gasteiger charge is 2.26. The number of benzene rings is 2. The van der Waals surface area contributed by atoms with E-state index in [1.807, 2.05) is 32.0 Å². The van der Waals surface area contributed by atoms with Gasteiger partial charge in [0, 0.05) is 35.4 Å². The van der Waals surface area contributed by atoms with Gasteiger partial charge in [0.25, 0.3) is 5.91 Å². The number of carbonyl (C=O) groups is 1. The van der Waals surface area contributed by atoms with E-state index in [1.165, 1.54) is 5.56 Å². The number of amides is 1. The SMILES string of the molecule is CCOc1ccc2oc(C(=O)NC3CC[NH+](Cc4ccccc4)CC3)c(C)c2c1. The zero-order valence-electron chi connectivity index (χ0n) is 17.2. The molecule has 152 valence electrons. The first-order chi connectivity index (χ1) is 14.1. The van der Waals surface area contributed by atoms with Crippen LogP contribution in [0.15, 0.2) is 52.9 Å². The molecule has 0 saturated carbocycles. The molecule has 1 aromatic heterocycles. The fourth-order valence-corrected chi connectivity index (χ4v) is 4.16. The number of carbonyl (C=O) groups excluding carboxylic acids is 1. The molecule has 0 unspecified atom stereocenters. The second-order valence-electron chi connectivity index (χ2n) is 7.81. The molecule has 3 aromatic rings. The molecule has 1 aliphatic rings. The Balaban J connectivity index is 1.37. The molecule has 0 atom stereocenters. The summed E-state index contributed by atoms with van der Waals surface area (Å²) in [7, 11) is 0. The third-order valence-electron chi connectivity index (χ3n) is 5.75. The number of piperidine rings is 1. The van der Waals surface area contributed by atoms with Crippen LogP contribution < -0.4 is 15.0 Å². The number of nitrogens with one attached hydrogen (secondary N) is 2. The normalized spacial score (nSPS) is 19.2. The van der Waals surface area contributed by atoms with Gasteiger partial charge in [0.15, 0.2) is 5.76 Å². The van der Waals surface area contributed by atoms with Gasteiger partial charge in [-0.1, -0.05) is 30.3 Å². The first-order valence-corrected chi connectivity index (χ1v) is 10.5. The monoisotopic (exact) mass is 393 g/mol. The van der Waals surface area contributed by atoms with Gasteiger partial charge in [-0.05, 0) is 32.0 Å². The number of hydrogen-bond donors (Lipinski definition) is 2. The number of rotatable bonds is 6. The average Bonchev–Trinajstić information content (AvgIpc) is 3.07. The Morgan fingerprint density at radius 2 is 1.93 bits per heavy atom. The van der Waals surface area contributed by atoms with Crippen molar-refractivity contribution in [1.29, 1.82) is 0 Å². The van der Waals surface area contributed by atoms with Crippen molar-refractivity contribution in [3.63, 3.8) is 0 Å². The lowest BCUT2D eigenvalue weighted by Crippen LogP contribution is -3.12. The minimum absolute atomic E-state index is 0.117. The summed E-state index contributed by atoms with van der Waals surface area (Å²) >= 11 is 0. The summed E-state index contributed by atoms with van der Waals surface area (Å²) < 4.78 is 11.4. The summed E-state index contributed by atoms with van der Waals surface area (Å²) in [5.74, 6) is 1.09. The fraction of sp³-hybridized carbons (Fsp3) is 0.375. The van der Waals surface area contributed by atoms with E-state index in [2.05, 4.69) is 35.6 Å². The van der Waals surface area contributed by atoms with Gasteiger partial charge < -0.3 is 19.4 Å². The highest BCUT2D eigenvalue weighted by atomic mass is 16.5. The maximum absolute atomic E-state index is 12.8. The highest BCUT2D eigenvalue weighted by molar-refractivity contribution is 5.99. The van der Waals surface area contributed by atoms with E-state index in [0.29, 0.717) is 12.4 Å². The Labute approximate surface area is 171 Å². The molecule has 2 N–H and O–H groups in total. The molecule has 5 heteroatoms. The van der Waals surface area contributed by atoms with E-state index in [-0.39, 0.29) is 11.9 Å². The molecule has 5 nitrogen and oxygen atoms in total. The third-order valence-corrected chi connectivity index (χ3v) is 5.75. The molecule has 1 aliphatic heterocycles. The van der Waals surface area contributed by atoms with E-state index in [9.17, 15) is 4.79 Å². The molecule has 1 amide bonds. The van der Waals surface area contributed by atoms with Crippen molar-refractivity contribution in [2.24, 2.45) is 0 Å². The Morgan fingerprint density at radius 3 is 2.66 bits per heavy atom. The standard InChI is InChI=1S/C24H28N2O3/c1-3-28-20-9-10-22-21(15-20)17(2)23(29-22)24(27)25-19-11-13-26(14-12-19)16-18-7-5-4-6-8-18/h4-10,15,19H,3,11-14,16H2,1-2H3,(H,25,27)/p+1. The van der Waals surface area contributed by atoms with Crippen LogP contribution in [0.3, 0.4) is 0 Å². The predicted molar refractivity (Wildman–Crippen MR) is 113 cm³/mol. The number of fused-ring (bicyclic) bond motifs is 1. The summed E-state index contributed by atoms with van der Waals surface area (Å²) in [5.41, 5.74) is 2.96. The third kappa shape index (κ3) is 4.46. The van der Waals surface area contributed by atoms with Crippen molar-refractivity contribution >= 4 is 16.9 Å². The van der Waals surface area contributed by atoms with Gasteiger partial charge >= 0.3 is 0 Å². The second kappa shape index (κ2) is 8.70. The first kappa shape index (κ1) is 19.5. The molecule has 1 fully saturated rings. The largest absolute Gasteiger partial charge is 0.494 e. The van der Waals surface area contributed by atoms with Crippen molar-refractivity contribution < 1.29 is 18.8 Å². The molecule has 0 radical (unpaired) electrons. The van der Waals surface area contributed by atoms with Crippen molar-refractivity contribution in [1.82, 2.24) is 5.32 Å². The van der Waals surface area contributed by atoms with Crippen LogP contribution in [0.2, 0.25) is 0 Å². The number of hydrogen-bond acceptors (Lipinski definition) is 3. The van der Waals surface area contributed by atoms with E-state index in [1.54, 1.807) is 4.90 Å². The van der Waals surface area contributed by atoms with E-state index in [0.717, 1.165) is 54.8 Å². The van der Waals surface area contributed by atoms with E-state index < -0.39 is 0 Å². The van der Waals surface area contributed by atoms with Crippen LogP contribution in [-0.2, 0) is 6.54 Å². The van der Waals surface area contributed by atoms with Gasteiger partial charge in [0.05, 0.1) is 19.7 Å². The summed E-state index contributed by atoms with van der Waals surface area (Å²) in [6.45, 7) is 7.68. The van der Waals surface area contributed by atoms with E-state index >= 15 is 0 Å². The molecule has 2 aromatic carbocycles. The lowest BCUT2D eigenvalue weighted by atomic mass is 10.0. The van der Waals surface area contributed by atoms with Gasteiger partial charge in [-0.25, -0.2) is 0 Å². The number of furan rings is 1. The van der Waals surface area contributed by atoms with Crippen molar-refractivity contribution in [2.45, 2.75) is 39.3 Å². The Kier molecular flexibility index (Phi) is 5.86. The number of aryl methyl sites for hydroxylation is 1. The van der Waals surface area contributed by atoms with Gasteiger partial charge in [0.2, 0.25) is 0 Å². The van der Waals surface area contributed by atoms with Gasteiger partial charge in [0.1, 0.15) is 17.9 Å². The molecule has 4 rings (SSSR count). The van der Waals surface area contributed by atoms with Crippen molar-refractivity contribution in [3.8, 4) is 5.75 Å². The summed E-state index contributed by atoms with van der Waals surface area (Å²) in [6.07, 6.45) is 1.98. The van der Waals surface area contributed by atoms with Crippen molar-refractivity contribution in [2.75, 3.05) is 19.7 Å². The molecule has 0 bridgehead atoms. The maximum Gasteiger partial charge on any atom is 0.287 e. The topological polar surface area (TPSA) is 55.9 Å². The molecular weight excluding hydrogens is 364 g/mol. The van der Waals surface area contributed by atoms with Crippen LogP contribution in [0, 0.1) is 6.92 Å². The Bertz CT molecular complexity index is 972. The molecule has 29 heavy (non-hydrogen) atoms. The van der Waals surface area contributed by atoms with Crippen LogP contribution in [0.25, 0.3) is 11.0 Å². The Morgan fingerprint density at radius 1 is 1.17 bits per heavy atom. The van der Waals surface area contributed by atoms with Crippen LogP contribution in [0.4, 0.5) is 0 Å². The molecule has 1 saturated heterocycles. The maximum atomic E-state index is 12.8. The smallest absolute Gasteiger partial charge is 0.287 e. The second-order valence-corrected chi connectivity index (χ2v) is 7.81. The molecular formula is C24H29N2O3+. The minimum atomic E-state index is -0.117. The summed E-state index contributed by atoms with van der Waals surface area (Å²) in [4.78, 5) is 14.4. The predicted octanol–water partition coefficient (Wildman–Crippen LogP) is 3.12. The summed E-state index contributed by atoms with van der Waals surface area (Å²) in [6, 6.07) is 16.5. The van der Waals surface area contributed by atoms with E-state index in [4.69, 9.17) is 9.15 Å². The highest BCUT2D eigenvalue weighted by Crippen LogP contribution is 2.29. The first-order valence-electron chi connectivity index (χ1n) is 10.5. The fourth-order valence-electron chi connectivity index (χ4n) is 4.16. The number of quaternary nitrogens is 1. The van der Waals surface area contributed by atoms with Gasteiger partial charge in [-0.15, -0.1) is 0 Å². The van der Waals surface area contributed by atoms with Crippen LogP contribution in [-0.4, -0.2) is 31.6 Å². The number of ether oxygens (including phenoxy) is 1. The molecule has 0 spiro atoms.